The first kappa shape index (κ1) is 15.5. The summed E-state index contributed by atoms with van der Waals surface area (Å²) in [6.45, 7) is 4.99. The van der Waals surface area contributed by atoms with Crippen molar-refractivity contribution < 1.29 is 4.74 Å². The van der Waals surface area contributed by atoms with Gasteiger partial charge in [-0.2, -0.15) is 5.10 Å². The number of ether oxygens (including phenoxy) is 1. The molecule has 1 fully saturated rings. The van der Waals surface area contributed by atoms with Gasteiger partial charge in [-0.15, -0.1) is 0 Å². The van der Waals surface area contributed by atoms with Crippen LogP contribution in [-0.4, -0.2) is 29.0 Å². The molecule has 1 saturated carbocycles. The van der Waals surface area contributed by atoms with Crippen LogP contribution >= 0.6 is 0 Å². The van der Waals surface area contributed by atoms with Crippen molar-refractivity contribution in [1.29, 1.82) is 0 Å². The van der Waals surface area contributed by atoms with Crippen LogP contribution in [0, 0.1) is 0 Å². The Balaban J connectivity index is 1.54. The fourth-order valence-electron chi connectivity index (χ4n) is 2.93. The van der Waals surface area contributed by atoms with Crippen LogP contribution in [0.15, 0.2) is 6.20 Å². The van der Waals surface area contributed by atoms with E-state index in [0.717, 1.165) is 32.5 Å². The molecule has 1 aromatic heterocycles. The molecule has 0 atom stereocenters. The Hall–Kier alpha value is -0.870. The van der Waals surface area contributed by atoms with Gasteiger partial charge in [-0.05, 0) is 32.2 Å². The van der Waals surface area contributed by atoms with Gasteiger partial charge in [0.1, 0.15) is 0 Å². The Kier molecular flexibility index (Phi) is 6.54. The topological polar surface area (TPSA) is 39.1 Å². The summed E-state index contributed by atoms with van der Waals surface area (Å²) in [5.74, 6) is 0. The number of nitrogens with zero attached hydrogens (tertiary/aromatic N) is 2. The third kappa shape index (κ3) is 4.91. The first-order valence-electron chi connectivity index (χ1n) is 8.13. The maximum absolute atomic E-state index is 5.93. The SMILES string of the molecule is CCc1nn(C)cc1CNCCCOC1CCCCC1. The first-order valence-corrected chi connectivity index (χ1v) is 8.13. The highest BCUT2D eigenvalue weighted by Crippen LogP contribution is 2.20. The van der Waals surface area contributed by atoms with E-state index < -0.39 is 0 Å². The number of hydrogen-bond donors (Lipinski definition) is 1. The molecule has 2 rings (SSSR count). The molecule has 0 amide bonds. The normalized spacial score (nSPS) is 16.7. The van der Waals surface area contributed by atoms with Gasteiger partial charge in [0, 0.05) is 32.0 Å². The summed E-state index contributed by atoms with van der Waals surface area (Å²) in [6, 6.07) is 0. The summed E-state index contributed by atoms with van der Waals surface area (Å²) in [7, 11) is 1.99. The maximum atomic E-state index is 5.93. The predicted octanol–water partition coefficient (Wildman–Crippen LogP) is 2.81. The molecule has 0 aromatic carbocycles. The van der Waals surface area contributed by atoms with Crippen molar-refractivity contribution in [2.24, 2.45) is 7.05 Å². The average molecular weight is 279 g/mol. The lowest BCUT2D eigenvalue weighted by molar-refractivity contribution is 0.0273. The average Bonchev–Trinajstić information content (AvgIpc) is 2.84. The lowest BCUT2D eigenvalue weighted by Gasteiger charge is -2.21. The zero-order valence-electron chi connectivity index (χ0n) is 13.0. The van der Waals surface area contributed by atoms with E-state index >= 15 is 0 Å². The predicted molar refractivity (Wildman–Crippen MR) is 81.7 cm³/mol. The van der Waals surface area contributed by atoms with Crippen LogP contribution in [0.3, 0.4) is 0 Å². The van der Waals surface area contributed by atoms with Crippen molar-refractivity contribution in [3.63, 3.8) is 0 Å². The van der Waals surface area contributed by atoms with Gasteiger partial charge in [0.25, 0.3) is 0 Å². The molecule has 1 aliphatic carbocycles. The molecule has 1 heterocycles. The monoisotopic (exact) mass is 279 g/mol. The minimum atomic E-state index is 0.536. The molecular formula is C16H29N3O. The Labute approximate surface area is 122 Å². The Morgan fingerprint density at radius 1 is 1.35 bits per heavy atom. The van der Waals surface area contributed by atoms with E-state index in [1.807, 2.05) is 11.7 Å². The van der Waals surface area contributed by atoms with Crippen LogP contribution in [0.5, 0.6) is 0 Å². The third-order valence-corrected chi connectivity index (χ3v) is 4.05. The summed E-state index contributed by atoms with van der Waals surface area (Å²) >= 11 is 0. The standard InChI is InChI=1S/C16H29N3O/c1-3-16-14(13-19(2)18-16)12-17-10-7-11-20-15-8-5-4-6-9-15/h13,15,17H,3-12H2,1-2H3. The zero-order valence-corrected chi connectivity index (χ0v) is 13.0. The molecule has 114 valence electrons. The number of rotatable bonds is 8. The van der Waals surface area contributed by atoms with Gasteiger partial charge in [-0.25, -0.2) is 0 Å². The molecule has 0 saturated heterocycles. The van der Waals surface area contributed by atoms with Gasteiger partial charge in [0.15, 0.2) is 0 Å². The molecule has 0 unspecified atom stereocenters. The van der Waals surface area contributed by atoms with E-state index in [4.69, 9.17) is 4.74 Å². The van der Waals surface area contributed by atoms with E-state index in [-0.39, 0.29) is 0 Å². The first-order chi connectivity index (χ1) is 9.79. The van der Waals surface area contributed by atoms with Crippen LogP contribution in [0.1, 0.15) is 56.7 Å². The minimum absolute atomic E-state index is 0.536. The highest BCUT2D eigenvalue weighted by Gasteiger charge is 2.12. The summed E-state index contributed by atoms with van der Waals surface area (Å²) in [6.07, 6.45) is 11.4. The lowest BCUT2D eigenvalue weighted by Crippen LogP contribution is -2.20. The van der Waals surface area contributed by atoms with E-state index in [2.05, 4.69) is 23.5 Å². The minimum Gasteiger partial charge on any atom is -0.378 e. The Morgan fingerprint density at radius 2 is 2.15 bits per heavy atom. The quantitative estimate of drug-likeness (QED) is 0.744. The second-order valence-electron chi connectivity index (χ2n) is 5.79. The van der Waals surface area contributed by atoms with Crippen molar-refractivity contribution in [2.75, 3.05) is 13.2 Å². The van der Waals surface area contributed by atoms with Crippen LogP contribution in [0.2, 0.25) is 0 Å². The molecule has 4 nitrogen and oxygen atoms in total. The Bertz CT molecular complexity index is 383. The molecule has 0 radical (unpaired) electrons. The molecule has 0 bridgehead atoms. The van der Waals surface area contributed by atoms with Crippen molar-refractivity contribution in [3.05, 3.63) is 17.5 Å². The molecule has 1 N–H and O–H groups in total. The van der Waals surface area contributed by atoms with Gasteiger partial charge < -0.3 is 10.1 Å². The van der Waals surface area contributed by atoms with E-state index in [9.17, 15) is 0 Å². The van der Waals surface area contributed by atoms with E-state index in [1.54, 1.807) is 0 Å². The molecule has 0 aliphatic heterocycles. The van der Waals surface area contributed by atoms with Crippen LogP contribution in [-0.2, 0) is 24.8 Å². The smallest absolute Gasteiger partial charge is 0.0666 e. The van der Waals surface area contributed by atoms with Gasteiger partial charge in [-0.1, -0.05) is 26.2 Å². The number of nitrogens with one attached hydrogen (secondary N) is 1. The summed E-state index contributed by atoms with van der Waals surface area (Å²) in [5.41, 5.74) is 2.53. The number of aromatic nitrogens is 2. The molecule has 1 aliphatic rings. The van der Waals surface area contributed by atoms with Crippen molar-refractivity contribution in [2.45, 2.75) is 64.5 Å². The van der Waals surface area contributed by atoms with Gasteiger partial charge in [0.05, 0.1) is 11.8 Å². The fourth-order valence-corrected chi connectivity index (χ4v) is 2.93. The van der Waals surface area contributed by atoms with E-state index in [0.29, 0.717) is 6.10 Å². The molecular weight excluding hydrogens is 250 g/mol. The summed E-state index contributed by atoms with van der Waals surface area (Å²) in [4.78, 5) is 0. The highest BCUT2D eigenvalue weighted by molar-refractivity contribution is 5.16. The van der Waals surface area contributed by atoms with Gasteiger partial charge in [0.2, 0.25) is 0 Å². The number of hydrogen-bond acceptors (Lipinski definition) is 3. The second kappa shape index (κ2) is 8.42. The fraction of sp³-hybridized carbons (Fsp3) is 0.812. The van der Waals surface area contributed by atoms with Crippen molar-refractivity contribution >= 4 is 0 Å². The molecule has 4 heteroatoms. The molecule has 0 spiro atoms. The number of aryl methyl sites for hydroxylation is 2. The second-order valence-corrected chi connectivity index (χ2v) is 5.79. The Morgan fingerprint density at radius 3 is 2.90 bits per heavy atom. The maximum Gasteiger partial charge on any atom is 0.0666 e. The van der Waals surface area contributed by atoms with E-state index in [1.165, 1.54) is 43.4 Å². The van der Waals surface area contributed by atoms with Crippen LogP contribution < -0.4 is 5.32 Å². The molecule has 20 heavy (non-hydrogen) atoms. The lowest BCUT2D eigenvalue weighted by atomic mass is 9.98. The zero-order chi connectivity index (χ0) is 14.2. The van der Waals surface area contributed by atoms with Crippen LogP contribution in [0.4, 0.5) is 0 Å². The largest absolute Gasteiger partial charge is 0.378 e. The summed E-state index contributed by atoms with van der Waals surface area (Å²) in [5, 5.41) is 7.95. The van der Waals surface area contributed by atoms with Crippen LogP contribution in [0.25, 0.3) is 0 Å². The highest BCUT2D eigenvalue weighted by atomic mass is 16.5. The van der Waals surface area contributed by atoms with Crippen molar-refractivity contribution in [1.82, 2.24) is 15.1 Å². The molecule has 1 aromatic rings. The van der Waals surface area contributed by atoms with Crippen molar-refractivity contribution in [3.8, 4) is 0 Å². The summed E-state index contributed by atoms with van der Waals surface area (Å²) < 4.78 is 7.83. The third-order valence-electron chi connectivity index (χ3n) is 4.05. The van der Waals surface area contributed by atoms with Gasteiger partial charge in [-0.3, -0.25) is 4.68 Å². The van der Waals surface area contributed by atoms with Gasteiger partial charge >= 0.3 is 0 Å².